The van der Waals surface area contributed by atoms with Gasteiger partial charge in [-0.05, 0) is 70.6 Å². The molecule has 16 heteroatoms. The van der Waals surface area contributed by atoms with Crippen LogP contribution in [0.4, 0.5) is 0 Å². The molecule has 0 aliphatic heterocycles. The minimum Gasteiger partial charge on any atom is -0.462 e. The fourth-order valence-corrected chi connectivity index (χ4v) is 6.37. The van der Waals surface area contributed by atoms with Crippen molar-refractivity contribution in [2.75, 3.05) is 26.4 Å². The monoisotopic (exact) mass is 914 g/mol. The maximum atomic E-state index is 12.7. The average Bonchev–Trinajstić information content (AvgIpc) is 3.23. The summed E-state index contributed by atoms with van der Waals surface area (Å²) in [5, 5.41) is 20.1. The van der Waals surface area contributed by atoms with Crippen molar-refractivity contribution in [1.29, 1.82) is 0 Å². The van der Waals surface area contributed by atoms with Crippen LogP contribution in [-0.2, 0) is 41.8 Å². The number of rotatable bonds is 40. The number of carbonyl (C=O) groups is 2. The number of hydrogen-bond acceptors (Lipinski definition) is 11. The Balaban J connectivity index is 4.80. The molecule has 0 aromatic carbocycles. The van der Waals surface area contributed by atoms with Crippen LogP contribution in [0.5, 0.6) is 0 Å². The van der Waals surface area contributed by atoms with Crippen molar-refractivity contribution in [2.45, 2.75) is 154 Å². The number of unbranched alkanes of at least 4 members (excludes halogenated alkanes) is 9. The van der Waals surface area contributed by atoms with Crippen molar-refractivity contribution >= 4 is 27.6 Å². The summed E-state index contributed by atoms with van der Waals surface area (Å²) in [7, 11) is -9.78. The molecule has 0 aromatic heterocycles. The quantitative estimate of drug-likeness (QED) is 0.0127. The van der Waals surface area contributed by atoms with Crippen molar-refractivity contribution < 1.29 is 66.7 Å². The van der Waals surface area contributed by atoms with E-state index in [9.17, 15) is 33.8 Å². The van der Waals surface area contributed by atoms with Crippen LogP contribution in [0.15, 0.2) is 97.2 Å². The number of aliphatic hydroxyl groups excluding tert-OH is 2. The van der Waals surface area contributed by atoms with Gasteiger partial charge >= 0.3 is 27.6 Å². The summed E-state index contributed by atoms with van der Waals surface area (Å²) in [6.45, 7) is 1.32. The zero-order valence-corrected chi connectivity index (χ0v) is 38.8. The van der Waals surface area contributed by atoms with Gasteiger partial charge in [0.25, 0.3) is 0 Å². The van der Waals surface area contributed by atoms with E-state index in [-0.39, 0.29) is 19.3 Å². The first kappa shape index (κ1) is 59.0. The zero-order chi connectivity index (χ0) is 46.0. The molecular formula is C46H76O14P2. The Kier molecular flexibility index (Phi) is 38.8. The van der Waals surface area contributed by atoms with Crippen molar-refractivity contribution in [3.63, 3.8) is 0 Å². The minimum absolute atomic E-state index is 0.0100. The molecule has 0 aliphatic rings. The van der Waals surface area contributed by atoms with Crippen LogP contribution in [-0.4, -0.2) is 81.6 Å². The lowest BCUT2D eigenvalue weighted by molar-refractivity contribution is -0.161. The molecule has 0 heterocycles. The van der Waals surface area contributed by atoms with Gasteiger partial charge in [-0.3, -0.25) is 23.2 Å². The molecule has 0 aromatic rings. The average molecular weight is 915 g/mol. The number of ether oxygens (including phenoxy) is 2. The molecule has 0 fully saturated rings. The van der Waals surface area contributed by atoms with Gasteiger partial charge in [0, 0.05) is 12.8 Å². The van der Waals surface area contributed by atoms with E-state index in [1.54, 1.807) is 12.2 Å². The summed E-state index contributed by atoms with van der Waals surface area (Å²) in [5.74, 6) is -1.34. The summed E-state index contributed by atoms with van der Waals surface area (Å²) in [5.41, 5.74) is 0. The predicted molar refractivity (Wildman–Crippen MR) is 245 cm³/mol. The Morgan fingerprint density at radius 3 is 1.66 bits per heavy atom. The van der Waals surface area contributed by atoms with Gasteiger partial charge < -0.3 is 34.4 Å². The molecular weight excluding hydrogens is 838 g/mol. The summed E-state index contributed by atoms with van der Waals surface area (Å²) < 4.78 is 47.6. The third kappa shape index (κ3) is 43.6. The smallest absolute Gasteiger partial charge is 0.462 e. The predicted octanol–water partition coefficient (Wildman–Crippen LogP) is 10.3. The summed E-state index contributed by atoms with van der Waals surface area (Å²) >= 11 is 0. The molecule has 0 rings (SSSR count). The molecule has 0 radical (unpaired) electrons. The van der Waals surface area contributed by atoms with Crippen LogP contribution >= 0.6 is 15.6 Å². The molecule has 0 bridgehead atoms. The van der Waals surface area contributed by atoms with Gasteiger partial charge in [0.05, 0.1) is 25.9 Å². The standard InChI is InChI=1S/C46H76O14P2/c1-3-5-7-9-11-13-15-17-19-21-22-24-26-28-30-32-34-42(47)36-37-46(50)60-44(41-59-62(54,55)58-39-43(48)38-57-61(51,52)53)40-56-45(49)35-33-31-29-27-25-23-20-18-16-14-12-10-8-6-4-2/h5,7,11,13-14,16-20,22,24,28,30,32,34,42-44,47-48H,3-4,6,8-10,12,15,21,23,25-27,29,31,33,35-41H2,1-2H3,(H,54,55)(H2,51,52,53)/b7-5-,13-11-,16-14-,19-17-,20-18-,24-22-,30-28-,34-32-/t42?,43-,44+/m0/s1. The van der Waals surface area contributed by atoms with Crippen molar-refractivity contribution in [3.05, 3.63) is 97.2 Å². The number of hydrogen-bond donors (Lipinski definition) is 5. The first-order valence-corrected chi connectivity index (χ1v) is 25.1. The van der Waals surface area contributed by atoms with E-state index in [1.807, 2.05) is 12.2 Å². The van der Waals surface area contributed by atoms with Gasteiger partial charge in [0.1, 0.15) is 12.7 Å². The molecule has 14 nitrogen and oxygen atoms in total. The number of allylic oxidation sites excluding steroid dienone is 15. The van der Waals surface area contributed by atoms with E-state index in [1.165, 1.54) is 31.8 Å². The lowest BCUT2D eigenvalue weighted by Gasteiger charge is -2.20. The maximum absolute atomic E-state index is 12.7. The lowest BCUT2D eigenvalue weighted by atomic mass is 10.1. The Morgan fingerprint density at radius 2 is 1.06 bits per heavy atom. The SMILES string of the molecule is CC/C=C\C/C=C\C/C=C\C/C=C\C/C=C\C=C/C(O)CCC(=O)O[C@H](COC(=O)CCCCCCC/C=C\C=C/CCCCCC)COP(=O)(O)OC[C@@H](O)COP(=O)(O)O. The summed E-state index contributed by atoms with van der Waals surface area (Å²) in [6.07, 6.45) is 44.4. The number of carbonyl (C=O) groups excluding carboxylic acids is 2. The van der Waals surface area contributed by atoms with Gasteiger partial charge in [-0.1, -0.05) is 150 Å². The fourth-order valence-electron chi connectivity index (χ4n) is 5.21. The van der Waals surface area contributed by atoms with E-state index < -0.39 is 72.3 Å². The molecule has 0 amide bonds. The lowest BCUT2D eigenvalue weighted by Crippen LogP contribution is -2.30. The van der Waals surface area contributed by atoms with Crippen LogP contribution < -0.4 is 0 Å². The Hall–Kier alpha value is -3.00. The highest BCUT2D eigenvalue weighted by atomic mass is 31.2. The van der Waals surface area contributed by atoms with Gasteiger partial charge in [0.15, 0.2) is 6.10 Å². The number of esters is 2. The zero-order valence-electron chi connectivity index (χ0n) is 37.0. The third-order valence-corrected chi connectivity index (χ3v) is 10.0. The highest BCUT2D eigenvalue weighted by Crippen LogP contribution is 2.43. The van der Waals surface area contributed by atoms with E-state index in [0.717, 1.165) is 64.2 Å². The molecule has 4 atom stereocenters. The van der Waals surface area contributed by atoms with Gasteiger partial charge in [-0.2, -0.15) is 0 Å². The second kappa shape index (κ2) is 40.8. The molecule has 354 valence electrons. The van der Waals surface area contributed by atoms with Crippen molar-refractivity contribution in [3.8, 4) is 0 Å². The number of phosphoric ester groups is 2. The fraction of sp³-hybridized carbons (Fsp3) is 0.609. The minimum atomic E-state index is -4.90. The number of aliphatic hydroxyl groups is 2. The Morgan fingerprint density at radius 1 is 0.548 bits per heavy atom. The summed E-state index contributed by atoms with van der Waals surface area (Å²) in [4.78, 5) is 52.7. The Labute approximate surface area is 371 Å². The second-order valence-corrected chi connectivity index (χ2v) is 17.2. The normalized spacial score (nSPS) is 15.4. The first-order valence-electron chi connectivity index (χ1n) is 22.1. The van der Waals surface area contributed by atoms with Gasteiger partial charge in [-0.15, -0.1) is 0 Å². The molecule has 0 saturated heterocycles. The highest BCUT2D eigenvalue weighted by molar-refractivity contribution is 7.47. The van der Waals surface area contributed by atoms with Gasteiger partial charge in [0.2, 0.25) is 0 Å². The van der Waals surface area contributed by atoms with E-state index in [0.29, 0.717) is 12.8 Å². The highest BCUT2D eigenvalue weighted by Gasteiger charge is 2.28. The summed E-state index contributed by atoms with van der Waals surface area (Å²) in [6, 6.07) is 0. The van der Waals surface area contributed by atoms with Crippen LogP contribution in [0.2, 0.25) is 0 Å². The largest absolute Gasteiger partial charge is 0.472 e. The molecule has 0 saturated carbocycles. The Bertz CT molecular complexity index is 1480. The van der Waals surface area contributed by atoms with E-state index >= 15 is 0 Å². The van der Waals surface area contributed by atoms with E-state index in [4.69, 9.17) is 23.8 Å². The first-order chi connectivity index (χ1) is 29.8. The van der Waals surface area contributed by atoms with Crippen LogP contribution in [0, 0.1) is 0 Å². The van der Waals surface area contributed by atoms with Crippen molar-refractivity contribution in [2.24, 2.45) is 0 Å². The second-order valence-electron chi connectivity index (χ2n) is 14.5. The van der Waals surface area contributed by atoms with Crippen molar-refractivity contribution in [1.82, 2.24) is 0 Å². The molecule has 2 unspecified atom stereocenters. The molecule has 62 heavy (non-hydrogen) atoms. The molecule has 0 spiro atoms. The van der Waals surface area contributed by atoms with Gasteiger partial charge in [-0.25, -0.2) is 9.13 Å². The molecule has 5 N–H and O–H groups in total. The van der Waals surface area contributed by atoms with Crippen LogP contribution in [0.3, 0.4) is 0 Å². The molecule has 0 aliphatic carbocycles. The third-order valence-electron chi connectivity index (χ3n) is 8.59. The number of phosphoric acid groups is 2. The topological polar surface area (TPSA) is 216 Å². The van der Waals surface area contributed by atoms with E-state index in [2.05, 4.69) is 89.7 Å². The van der Waals surface area contributed by atoms with Crippen LogP contribution in [0.25, 0.3) is 0 Å². The van der Waals surface area contributed by atoms with Crippen LogP contribution in [0.1, 0.15) is 136 Å². The maximum Gasteiger partial charge on any atom is 0.472 e.